The zero-order chi connectivity index (χ0) is 14.4. The Bertz CT molecular complexity index is 481. The van der Waals surface area contributed by atoms with Crippen LogP contribution in [0, 0.1) is 6.92 Å². The molecule has 1 atom stereocenters. The molecular formula is C12H14BrNO4S. The molecule has 0 radical (unpaired) electrons. The minimum Gasteiger partial charge on any atom is -0.479 e. The highest BCUT2D eigenvalue weighted by atomic mass is 79.9. The highest BCUT2D eigenvalue weighted by Gasteiger charge is 2.14. The van der Waals surface area contributed by atoms with E-state index in [1.165, 1.54) is 11.8 Å². The molecule has 0 saturated heterocycles. The van der Waals surface area contributed by atoms with Crippen molar-refractivity contribution in [1.29, 1.82) is 0 Å². The van der Waals surface area contributed by atoms with Gasteiger partial charge in [0.15, 0.2) is 6.10 Å². The van der Waals surface area contributed by atoms with Crippen molar-refractivity contribution in [3.63, 3.8) is 0 Å². The minimum absolute atomic E-state index is 0.175. The summed E-state index contributed by atoms with van der Waals surface area (Å²) in [4.78, 5) is 22.8. The first kappa shape index (κ1) is 16.0. The number of nitrogens with one attached hydrogen (secondary N) is 1. The molecule has 1 amide bonds. The molecule has 19 heavy (non-hydrogen) atoms. The smallest absolute Gasteiger partial charge is 0.334 e. The van der Waals surface area contributed by atoms with Crippen LogP contribution in [0.5, 0.6) is 0 Å². The van der Waals surface area contributed by atoms with Crippen LogP contribution in [0.25, 0.3) is 0 Å². The summed E-state index contributed by atoms with van der Waals surface area (Å²) >= 11 is 4.72. The van der Waals surface area contributed by atoms with E-state index in [0.717, 1.165) is 14.9 Å². The second-order valence-electron chi connectivity index (χ2n) is 3.86. The summed E-state index contributed by atoms with van der Waals surface area (Å²) in [5, 5.41) is 19.8. The average molecular weight is 348 g/mol. The van der Waals surface area contributed by atoms with Crippen LogP contribution >= 0.6 is 27.7 Å². The molecule has 1 unspecified atom stereocenters. The van der Waals surface area contributed by atoms with E-state index in [4.69, 9.17) is 10.2 Å². The van der Waals surface area contributed by atoms with Crippen LogP contribution in [0.1, 0.15) is 5.56 Å². The fraction of sp³-hybridized carbons (Fsp3) is 0.333. The van der Waals surface area contributed by atoms with Gasteiger partial charge in [-0.2, -0.15) is 0 Å². The van der Waals surface area contributed by atoms with Crippen molar-refractivity contribution in [3.8, 4) is 0 Å². The molecule has 0 saturated carbocycles. The molecule has 1 aromatic carbocycles. The summed E-state index contributed by atoms with van der Waals surface area (Å²) in [5.41, 5.74) is 1.05. The van der Waals surface area contributed by atoms with Crippen LogP contribution < -0.4 is 5.32 Å². The molecule has 0 aliphatic carbocycles. The quantitative estimate of drug-likeness (QED) is 0.677. The van der Waals surface area contributed by atoms with Crippen LogP contribution in [0.2, 0.25) is 0 Å². The number of hydrogen-bond acceptors (Lipinski definition) is 4. The lowest BCUT2D eigenvalue weighted by Gasteiger charge is -2.08. The van der Waals surface area contributed by atoms with Gasteiger partial charge in [-0.3, -0.25) is 4.79 Å². The fourth-order valence-corrected chi connectivity index (χ4v) is 2.58. The molecule has 3 N–H and O–H groups in total. The van der Waals surface area contributed by atoms with E-state index in [1.54, 1.807) is 0 Å². The molecule has 0 spiro atoms. The first-order valence-electron chi connectivity index (χ1n) is 5.46. The molecule has 104 valence electrons. The lowest BCUT2D eigenvalue weighted by atomic mass is 10.2. The van der Waals surface area contributed by atoms with Gasteiger partial charge in [0.2, 0.25) is 5.91 Å². The van der Waals surface area contributed by atoms with Gasteiger partial charge in [-0.15, -0.1) is 11.8 Å². The third-order valence-corrected chi connectivity index (χ3v) is 3.94. The minimum atomic E-state index is -1.57. The van der Waals surface area contributed by atoms with Gasteiger partial charge < -0.3 is 15.5 Å². The molecule has 7 heteroatoms. The van der Waals surface area contributed by atoms with Crippen molar-refractivity contribution in [1.82, 2.24) is 5.32 Å². The van der Waals surface area contributed by atoms with Crippen molar-refractivity contribution >= 4 is 39.6 Å². The molecular weight excluding hydrogens is 334 g/mol. The molecule has 0 aromatic heterocycles. The predicted octanol–water partition coefficient (Wildman–Crippen LogP) is 1.41. The lowest BCUT2D eigenvalue weighted by molar-refractivity contribution is -0.146. The molecule has 0 fully saturated rings. The highest BCUT2D eigenvalue weighted by molar-refractivity contribution is 9.10. The molecule has 0 aliphatic rings. The fourth-order valence-electron chi connectivity index (χ4n) is 1.27. The molecule has 0 bridgehead atoms. The number of benzene rings is 1. The van der Waals surface area contributed by atoms with Crippen molar-refractivity contribution in [2.24, 2.45) is 0 Å². The van der Waals surface area contributed by atoms with E-state index in [2.05, 4.69) is 21.2 Å². The Balaban J connectivity index is 2.40. The summed E-state index contributed by atoms with van der Waals surface area (Å²) in [6.45, 7) is 1.66. The van der Waals surface area contributed by atoms with E-state index in [-0.39, 0.29) is 18.2 Å². The summed E-state index contributed by atoms with van der Waals surface area (Å²) in [6, 6.07) is 5.75. The number of thioether (sulfide) groups is 1. The van der Waals surface area contributed by atoms with Crippen LogP contribution in [0.3, 0.4) is 0 Å². The number of carboxylic acid groups (broad SMARTS) is 1. The molecule has 1 rings (SSSR count). The first-order valence-corrected chi connectivity index (χ1v) is 7.24. The number of aliphatic hydroxyl groups excluding tert-OH is 1. The second-order valence-corrected chi connectivity index (χ2v) is 5.79. The number of aliphatic hydroxyl groups is 1. The Labute approximate surface area is 123 Å². The molecule has 0 aliphatic heterocycles. The SMILES string of the molecule is Cc1cc(Br)ccc1SCC(=O)NCC(O)C(=O)O. The monoisotopic (exact) mass is 347 g/mol. The standard InChI is InChI=1S/C12H14BrNO4S/c1-7-4-8(13)2-3-10(7)19-6-11(16)14-5-9(15)12(17)18/h2-4,9,15H,5-6H2,1H3,(H,14,16)(H,17,18). The Kier molecular flexibility index (Phi) is 6.33. The van der Waals surface area contributed by atoms with Gasteiger partial charge >= 0.3 is 5.97 Å². The Morgan fingerprint density at radius 3 is 2.74 bits per heavy atom. The van der Waals surface area contributed by atoms with E-state index in [9.17, 15) is 9.59 Å². The molecule has 1 aromatic rings. The zero-order valence-electron chi connectivity index (χ0n) is 10.2. The van der Waals surface area contributed by atoms with Gasteiger partial charge in [-0.1, -0.05) is 15.9 Å². The third kappa shape index (κ3) is 5.63. The van der Waals surface area contributed by atoms with Gasteiger partial charge in [-0.25, -0.2) is 4.79 Å². The summed E-state index contributed by atoms with van der Waals surface area (Å²) in [7, 11) is 0. The molecule has 0 heterocycles. The zero-order valence-corrected chi connectivity index (χ0v) is 12.6. The topological polar surface area (TPSA) is 86.6 Å². The number of rotatable bonds is 6. The second kappa shape index (κ2) is 7.52. The maximum absolute atomic E-state index is 11.5. The van der Waals surface area contributed by atoms with Crippen LogP contribution in [0.4, 0.5) is 0 Å². The van der Waals surface area contributed by atoms with Crippen molar-refractivity contribution in [3.05, 3.63) is 28.2 Å². The van der Waals surface area contributed by atoms with Crippen molar-refractivity contribution in [2.75, 3.05) is 12.3 Å². The number of hydrogen-bond donors (Lipinski definition) is 3. The van der Waals surface area contributed by atoms with Gasteiger partial charge in [0, 0.05) is 9.37 Å². The normalized spacial score (nSPS) is 11.9. The predicted molar refractivity (Wildman–Crippen MR) is 76.3 cm³/mol. The molecule has 5 nitrogen and oxygen atoms in total. The lowest BCUT2D eigenvalue weighted by Crippen LogP contribution is -2.37. The van der Waals surface area contributed by atoms with Gasteiger partial charge in [-0.05, 0) is 30.7 Å². The van der Waals surface area contributed by atoms with Crippen LogP contribution in [-0.4, -0.2) is 40.5 Å². The third-order valence-electron chi connectivity index (χ3n) is 2.27. The van der Waals surface area contributed by atoms with Crippen molar-refractivity contribution < 1.29 is 19.8 Å². The number of carbonyl (C=O) groups is 2. The highest BCUT2D eigenvalue weighted by Crippen LogP contribution is 2.24. The summed E-state index contributed by atoms with van der Waals surface area (Å²) < 4.78 is 0.975. The van der Waals surface area contributed by atoms with E-state index in [1.807, 2.05) is 25.1 Å². The van der Waals surface area contributed by atoms with Gasteiger partial charge in [0.05, 0.1) is 12.3 Å². The summed E-state index contributed by atoms with van der Waals surface area (Å²) in [5.74, 6) is -1.49. The van der Waals surface area contributed by atoms with Gasteiger partial charge in [0.25, 0.3) is 0 Å². The maximum Gasteiger partial charge on any atom is 0.334 e. The van der Waals surface area contributed by atoms with E-state index >= 15 is 0 Å². The number of amides is 1. The number of aliphatic carboxylic acids is 1. The van der Waals surface area contributed by atoms with Crippen molar-refractivity contribution in [2.45, 2.75) is 17.9 Å². The number of carboxylic acids is 1. The Morgan fingerprint density at radius 2 is 2.16 bits per heavy atom. The number of halogens is 1. The maximum atomic E-state index is 11.5. The largest absolute Gasteiger partial charge is 0.479 e. The van der Waals surface area contributed by atoms with Crippen LogP contribution in [-0.2, 0) is 9.59 Å². The summed E-state index contributed by atoms with van der Waals surface area (Å²) in [6.07, 6.45) is -1.57. The first-order chi connectivity index (χ1) is 8.90. The average Bonchev–Trinajstić information content (AvgIpc) is 2.34. The number of carbonyl (C=O) groups excluding carboxylic acids is 1. The Morgan fingerprint density at radius 1 is 1.47 bits per heavy atom. The Hall–Kier alpha value is -1.05. The van der Waals surface area contributed by atoms with E-state index < -0.39 is 12.1 Å². The number of aryl methyl sites for hydroxylation is 1. The van der Waals surface area contributed by atoms with E-state index in [0.29, 0.717) is 0 Å². The van der Waals surface area contributed by atoms with Crippen LogP contribution in [0.15, 0.2) is 27.6 Å². The van der Waals surface area contributed by atoms with Gasteiger partial charge in [0.1, 0.15) is 0 Å².